The fraction of sp³-hybridized carbons (Fsp3) is 0.571. The highest BCUT2D eigenvalue weighted by Crippen LogP contribution is 2.30. The molecule has 1 aromatic carbocycles. The van der Waals surface area contributed by atoms with Crippen LogP contribution in [0, 0.1) is 6.92 Å². The van der Waals surface area contributed by atoms with Gasteiger partial charge in [0.15, 0.2) is 0 Å². The Kier molecular flexibility index (Phi) is 3.20. The Labute approximate surface area is 97.9 Å². The Morgan fingerprint density at radius 3 is 2.94 bits per heavy atom. The molecule has 2 atom stereocenters. The van der Waals surface area contributed by atoms with E-state index in [4.69, 9.17) is 0 Å². The minimum absolute atomic E-state index is 0.218. The topological polar surface area (TPSA) is 23.5 Å². The van der Waals surface area contributed by atoms with Crippen LogP contribution in [0.15, 0.2) is 18.2 Å². The van der Waals surface area contributed by atoms with Crippen molar-refractivity contribution >= 4 is 5.69 Å². The number of benzene rings is 1. The molecule has 1 aliphatic rings. The summed E-state index contributed by atoms with van der Waals surface area (Å²) in [6.07, 6.45) is 1.69. The van der Waals surface area contributed by atoms with E-state index in [9.17, 15) is 5.11 Å². The molecule has 0 fully saturated rings. The molecule has 0 aliphatic carbocycles. The van der Waals surface area contributed by atoms with Gasteiger partial charge in [0.05, 0.1) is 6.10 Å². The van der Waals surface area contributed by atoms with Crippen molar-refractivity contribution in [1.29, 1.82) is 0 Å². The fourth-order valence-electron chi connectivity index (χ4n) is 2.40. The SMILES string of the molecule is CC[C@@H](C)N1C[C@@H](O)Cc2ccc(C)cc21. The van der Waals surface area contributed by atoms with Gasteiger partial charge in [-0.3, -0.25) is 0 Å². The van der Waals surface area contributed by atoms with E-state index in [0.717, 1.165) is 19.4 Å². The Morgan fingerprint density at radius 1 is 1.50 bits per heavy atom. The van der Waals surface area contributed by atoms with E-state index in [1.54, 1.807) is 0 Å². The van der Waals surface area contributed by atoms with E-state index in [0.29, 0.717) is 6.04 Å². The first-order valence-corrected chi connectivity index (χ1v) is 6.16. The van der Waals surface area contributed by atoms with Crippen LogP contribution in [0.2, 0.25) is 0 Å². The average Bonchev–Trinajstić information content (AvgIpc) is 2.27. The summed E-state index contributed by atoms with van der Waals surface area (Å²) in [5, 5.41) is 9.90. The molecule has 0 unspecified atom stereocenters. The van der Waals surface area contributed by atoms with Crippen LogP contribution in [0.5, 0.6) is 0 Å². The van der Waals surface area contributed by atoms with Crippen LogP contribution in [0.1, 0.15) is 31.4 Å². The third-order valence-electron chi connectivity index (χ3n) is 3.54. The Balaban J connectivity index is 2.39. The van der Waals surface area contributed by atoms with Crippen molar-refractivity contribution < 1.29 is 5.11 Å². The van der Waals surface area contributed by atoms with Gasteiger partial charge >= 0.3 is 0 Å². The second-order valence-corrected chi connectivity index (χ2v) is 4.90. The number of rotatable bonds is 2. The number of nitrogens with zero attached hydrogens (tertiary/aromatic N) is 1. The first kappa shape index (κ1) is 11.5. The smallest absolute Gasteiger partial charge is 0.0756 e. The van der Waals surface area contributed by atoms with E-state index in [1.165, 1.54) is 16.8 Å². The van der Waals surface area contributed by atoms with E-state index >= 15 is 0 Å². The highest BCUT2D eigenvalue weighted by atomic mass is 16.3. The van der Waals surface area contributed by atoms with Gasteiger partial charge in [-0.1, -0.05) is 19.1 Å². The molecule has 1 heterocycles. The summed E-state index contributed by atoms with van der Waals surface area (Å²) in [6, 6.07) is 7.03. The van der Waals surface area contributed by atoms with Gasteiger partial charge in [-0.15, -0.1) is 0 Å². The molecule has 0 radical (unpaired) electrons. The highest BCUT2D eigenvalue weighted by Gasteiger charge is 2.25. The van der Waals surface area contributed by atoms with Gasteiger partial charge in [0, 0.05) is 24.7 Å². The molecule has 0 spiro atoms. The number of aliphatic hydroxyl groups is 1. The summed E-state index contributed by atoms with van der Waals surface area (Å²) in [5.74, 6) is 0. The lowest BCUT2D eigenvalue weighted by Gasteiger charge is -2.38. The molecule has 0 saturated carbocycles. The van der Waals surface area contributed by atoms with E-state index < -0.39 is 0 Å². The number of fused-ring (bicyclic) bond motifs is 1. The van der Waals surface area contributed by atoms with E-state index in [1.807, 2.05) is 0 Å². The largest absolute Gasteiger partial charge is 0.391 e. The summed E-state index contributed by atoms with van der Waals surface area (Å²) < 4.78 is 0. The number of hydrogen-bond donors (Lipinski definition) is 1. The van der Waals surface area contributed by atoms with Crippen molar-refractivity contribution in [2.75, 3.05) is 11.4 Å². The van der Waals surface area contributed by atoms with Crippen LogP contribution in [-0.4, -0.2) is 23.8 Å². The zero-order valence-corrected chi connectivity index (χ0v) is 10.4. The number of aryl methyl sites for hydroxylation is 1. The molecule has 16 heavy (non-hydrogen) atoms. The summed E-state index contributed by atoms with van der Waals surface area (Å²) >= 11 is 0. The second kappa shape index (κ2) is 4.46. The molecule has 2 nitrogen and oxygen atoms in total. The molecule has 2 heteroatoms. The van der Waals surface area contributed by atoms with Crippen molar-refractivity contribution in [3.8, 4) is 0 Å². The highest BCUT2D eigenvalue weighted by molar-refractivity contribution is 5.58. The molecular formula is C14H21NO. The lowest BCUT2D eigenvalue weighted by molar-refractivity contribution is 0.172. The maximum Gasteiger partial charge on any atom is 0.0756 e. The first-order chi connectivity index (χ1) is 7.61. The van der Waals surface area contributed by atoms with Gasteiger partial charge < -0.3 is 10.0 Å². The molecule has 0 bridgehead atoms. The minimum atomic E-state index is -0.218. The van der Waals surface area contributed by atoms with Crippen molar-refractivity contribution in [2.45, 2.75) is 45.8 Å². The molecule has 2 rings (SSSR count). The molecule has 0 amide bonds. The quantitative estimate of drug-likeness (QED) is 0.826. The van der Waals surface area contributed by atoms with Crippen LogP contribution >= 0.6 is 0 Å². The normalized spacial score (nSPS) is 21.8. The average molecular weight is 219 g/mol. The molecule has 0 saturated heterocycles. The Bertz CT molecular complexity index is 375. The Morgan fingerprint density at radius 2 is 2.25 bits per heavy atom. The van der Waals surface area contributed by atoms with Crippen molar-refractivity contribution in [3.63, 3.8) is 0 Å². The zero-order chi connectivity index (χ0) is 11.7. The summed E-state index contributed by atoms with van der Waals surface area (Å²) in [4.78, 5) is 2.34. The molecular weight excluding hydrogens is 198 g/mol. The Hall–Kier alpha value is -1.02. The maximum absolute atomic E-state index is 9.90. The van der Waals surface area contributed by atoms with E-state index in [-0.39, 0.29) is 6.10 Å². The van der Waals surface area contributed by atoms with Gasteiger partial charge in [-0.05, 0) is 37.5 Å². The lowest BCUT2D eigenvalue weighted by atomic mass is 9.96. The molecule has 1 N–H and O–H groups in total. The van der Waals surface area contributed by atoms with Gasteiger partial charge in [-0.2, -0.15) is 0 Å². The van der Waals surface area contributed by atoms with Crippen LogP contribution in [0.25, 0.3) is 0 Å². The summed E-state index contributed by atoms with van der Waals surface area (Å²) in [5.41, 5.74) is 3.90. The predicted octanol–water partition coefficient (Wildman–Crippen LogP) is 2.52. The number of β-amino-alcohol motifs (C(OH)–C–C–N with tert-alkyl or cyclic N) is 1. The summed E-state index contributed by atoms with van der Waals surface area (Å²) in [6.45, 7) is 7.32. The van der Waals surface area contributed by atoms with Gasteiger partial charge in [-0.25, -0.2) is 0 Å². The predicted molar refractivity (Wildman–Crippen MR) is 68.0 cm³/mol. The van der Waals surface area contributed by atoms with Crippen LogP contribution in [0.3, 0.4) is 0 Å². The van der Waals surface area contributed by atoms with Crippen molar-refractivity contribution in [2.24, 2.45) is 0 Å². The minimum Gasteiger partial charge on any atom is -0.391 e. The van der Waals surface area contributed by atoms with E-state index in [2.05, 4.69) is 43.9 Å². The molecule has 0 aromatic heterocycles. The van der Waals surface area contributed by atoms with Crippen LogP contribution in [0.4, 0.5) is 5.69 Å². The van der Waals surface area contributed by atoms with Crippen LogP contribution in [-0.2, 0) is 6.42 Å². The molecule has 1 aromatic rings. The standard InChI is InChI=1S/C14H21NO/c1-4-11(3)15-9-13(16)8-12-6-5-10(2)7-14(12)15/h5-7,11,13,16H,4,8-9H2,1-3H3/t11-,13+/m1/s1. The van der Waals surface area contributed by atoms with Crippen molar-refractivity contribution in [1.82, 2.24) is 0 Å². The summed E-state index contributed by atoms with van der Waals surface area (Å²) in [7, 11) is 0. The van der Waals surface area contributed by atoms with Gasteiger partial charge in [0.1, 0.15) is 0 Å². The number of anilines is 1. The third-order valence-corrected chi connectivity index (χ3v) is 3.54. The molecule has 1 aliphatic heterocycles. The van der Waals surface area contributed by atoms with Gasteiger partial charge in [0.2, 0.25) is 0 Å². The lowest BCUT2D eigenvalue weighted by Crippen LogP contribution is -2.43. The first-order valence-electron chi connectivity index (χ1n) is 6.16. The maximum atomic E-state index is 9.90. The van der Waals surface area contributed by atoms with Crippen molar-refractivity contribution in [3.05, 3.63) is 29.3 Å². The van der Waals surface area contributed by atoms with Gasteiger partial charge in [0.25, 0.3) is 0 Å². The molecule has 88 valence electrons. The number of hydrogen-bond acceptors (Lipinski definition) is 2. The second-order valence-electron chi connectivity index (χ2n) is 4.90. The van der Waals surface area contributed by atoms with Crippen LogP contribution < -0.4 is 4.90 Å². The number of aliphatic hydroxyl groups excluding tert-OH is 1. The third kappa shape index (κ3) is 2.07. The fourth-order valence-corrected chi connectivity index (χ4v) is 2.40. The monoisotopic (exact) mass is 219 g/mol. The zero-order valence-electron chi connectivity index (χ0n) is 10.4.